The van der Waals surface area contributed by atoms with Crippen LogP contribution in [0.5, 0.6) is 0 Å². The van der Waals surface area contributed by atoms with Crippen LogP contribution in [0, 0.1) is 0 Å². The van der Waals surface area contributed by atoms with Gasteiger partial charge in [0.15, 0.2) is 0 Å². The smallest absolute Gasteiger partial charge is 0.275 e. The predicted octanol–water partition coefficient (Wildman–Crippen LogP) is 3.19. The number of nitrogens with one attached hydrogen (secondary N) is 1. The van der Waals surface area contributed by atoms with Crippen LogP contribution < -0.4 is 16.2 Å². The number of hydrogen-bond acceptors (Lipinski definition) is 4. The first-order chi connectivity index (χ1) is 15.1. The third kappa shape index (κ3) is 3.31. The summed E-state index contributed by atoms with van der Waals surface area (Å²) in [5.74, 6) is 0.00692. The molecule has 0 radical (unpaired) electrons. The highest BCUT2D eigenvalue weighted by Gasteiger charge is 2.24. The molecular formula is C24H25N5O2. The zero-order chi connectivity index (χ0) is 21.5. The van der Waals surface area contributed by atoms with E-state index in [1.165, 1.54) is 0 Å². The average Bonchev–Trinajstić information content (AvgIpc) is 3.33. The van der Waals surface area contributed by atoms with Crippen LogP contribution >= 0.6 is 0 Å². The summed E-state index contributed by atoms with van der Waals surface area (Å²) in [6, 6.07) is 12.0. The number of para-hydroxylation sites is 1. The van der Waals surface area contributed by atoms with Gasteiger partial charge in [0.2, 0.25) is 5.91 Å². The first-order valence-electron chi connectivity index (χ1n) is 10.7. The van der Waals surface area contributed by atoms with Gasteiger partial charge in [-0.25, -0.2) is 4.98 Å². The second-order valence-electron chi connectivity index (χ2n) is 8.08. The average molecular weight is 415 g/mol. The van der Waals surface area contributed by atoms with Crippen molar-refractivity contribution in [3.05, 3.63) is 58.5 Å². The Morgan fingerprint density at radius 2 is 2.06 bits per heavy atom. The summed E-state index contributed by atoms with van der Waals surface area (Å²) in [6.45, 7) is 3.74. The van der Waals surface area contributed by atoms with Crippen LogP contribution in [0.15, 0.2) is 47.4 Å². The maximum Gasteiger partial charge on any atom is 0.275 e. The number of hydrogen-bond donors (Lipinski definition) is 2. The number of aromatic amines is 1. The third-order valence-electron chi connectivity index (χ3n) is 6.06. The number of nitrogens with two attached hydrogens (primary N) is 1. The van der Waals surface area contributed by atoms with Crippen LogP contribution in [-0.4, -0.2) is 33.5 Å². The van der Waals surface area contributed by atoms with E-state index in [9.17, 15) is 9.59 Å². The molecule has 2 aromatic heterocycles. The monoisotopic (exact) mass is 415 g/mol. The molecule has 5 rings (SSSR count). The highest BCUT2D eigenvalue weighted by Crippen LogP contribution is 2.33. The molecule has 2 aromatic carbocycles. The molecule has 1 aliphatic heterocycles. The Labute approximate surface area is 179 Å². The predicted molar refractivity (Wildman–Crippen MR) is 123 cm³/mol. The van der Waals surface area contributed by atoms with Crippen LogP contribution in [0.4, 0.5) is 5.69 Å². The molecule has 0 spiro atoms. The highest BCUT2D eigenvalue weighted by molar-refractivity contribution is 5.98. The molecule has 0 aliphatic carbocycles. The van der Waals surface area contributed by atoms with E-state index in [0.717, 1.165) is 59.0 Å². The maximum atomic E-state index is 13.0. The lowest BCUT2D eigenvalue weighted by Gasteiger charge is -2.15. The number of benzene rings is 2. The van der Waals surface area contributed by atoms with Gasteiger partial charge in [-0.05, 0) is 49.6 Å². The van der Waals surface area contributed by atoms with E-state index >= 15 is 0 Å². The van der Waals surface area contributed by atoms with Crippen molar-refractivity contribution in [1.29, 1.82) is 0 Å². The summed E-state index contributed by atoms with van der Waals surface area (Å²) < 4.78 is 2.18. The lowest BCUT2D eigenvalue weighted by atomic mass is 10.1. The van der Waals surface area contributed by atoms with E-state index in [-0.39, 0.29) is 11.5 Å². The van der Waals surface area contributed by atoms with Crippen LogP contribution in [0.2, 0.25) is 0 Å². The number of carbonyl (C=O) groups excluding carboxylic acids is 1. The molecule has 0 saturated carbocycles. The van der Waals surface area contributed by atoms with Crippen molar-refractivity contribution in [1.82, 2.24) is 14.5 Å². The topological polar surface area (TPSA) is 97.0 Å². The van der Waals surface area contributed by atoms with Gasteiger partial charge in [-0.15, -0.1) is 0 Å². The molecule has 0 bridgehead atoms. The Morgan fingerprint density at radius 1 is 1.23 bits per heavy atom. The Bertz CT molecular complexity index is 1370. The summed E-state index contributed by atoms with van der Waals surface area (Å²) in [5, 5.41) is 1.01. The first-order valence-corrected chi connectivity index (χ1v) is 10.7. The molecule has 3 N–H and O–H groups in total. The van der Waals surface area contributed by atoms with Gasteiger partial charge >= 0.3 is 0 Å². The van der Waals surface area contributed by atoms with E-state index in [0.29, 0.717) is 24.3 Å². The lowest BCUT2D eigenvalue weighted by Crippen LogP contribution is -2.25. The van der Waals surface area contributed by atoms with Gasteiger partial charge < -0.3 is 20.2 Å². The number of carbonyl (C=O) groups is 1. The molecule has 7 nitrogen and oxygen atoms in total. The normalized spacial score (nSPS) is 13.3. The van der Waals surface area contributed by atoms with E-state index in [1.807, 2.05) is 36.5 Å². The molecule has 158 valence electrons. The summed E-state index contributed by atoms with van der Waals surface area (Å²) in [5.41, 5.74) is 11.1. The van der Waals surface area contributed by atoms with E-state index in [4.69, 9.17) is 10.7 Å². The number of fused-ring (bicyclic) bond motifs is 3. The molecule has 4 aromatic rings. The number of H-pyrrole nitrogens is 1. The minimum absolute atomic E-state index is 0.00692. The Kier molecular flexibility index (Phi) is 4.82. The number of unbranched alkanes of at least 4 members (excludes halogenated alkanes) is 1. The fraction of sp³-hybridized carbons (Fsp3) is 0.292. The second-order valence-corrected chi connectivity index (χ2v) is 8.08. The van der Waals surface area contributed by atoms with Gasteiger partial charge in [0.1, 0.15) is 5.69 Å². The van der Waals surface area contributed by atoms with Gasteiger partial charge in [0, 0.05) is 48.4 Å². The fourth-order valence-electron chi connectivity index (χ4n) is 4.53. The molecule has 0 fully saturated rings. The van der Waals surface area contributed by atoms with Crippen molar-refractivity contribution in [2.24, 2.45) is 5.73 Å². The summed E-state index contributed by atoms with van der Waals surface area (Å²) >= 11 is 0. The molecule has 0 unspecified atom stereocenters. The zero-order valence-electron chi connectivity index (χ0n) is 17.5. The minimum atomic E-state index is -0.232. The van der Waals surface area contributed by atoms with Gasteiger partial charge in [0.05, 0.1) is 11.0 Å². The quantitative estimate of drug-likeness (QED) is 0.489. The molecular weight excluding hydrogens is 390 g/mol. The summed E-state index contributed by atoms with van der Waals surface area (Å²) in [7, 11) is 0. The molecule has 3 heterocycles. The number of rotatable bonds is 5. The van der Waals surface area contributed by atoms with Crippen molar-refractivity contribution >= 4 is 33.5 Å². The number of aryl methyl sites for hydroxylation is 1. The molecule has 7 heteroatoms. The first kappa shape index (κ1) is 19.5. The van der Waals surface area contributed by atoms with Gasteiger partial charge in [0.25, 0.3) is 5.56 Å². The lowest BCUT2D eigenvalue weighted by molar-refractivity contribution is -0.116. The van der Waals surface area contributed by atoms with Gasteiger partial charge in [-0.3, -0.25) is 9.59 Å². The molecule has 31 heavy (non-hydrogen) atoms. The Morgan fingerprint density at radius 3 is 2.87 bits per heavy atom. The molecule has 0 atom stereocenters. The molecule has 1 amide bonds. The van der Waals surface area contributed by atoms with Crippen LogP contribution in [0.25, 0.3) is 33.2 Å². The van der Waals surface area contributed by atoms with Crippen LogP contribution in [0.3, 0.4) is 0 Å². The molecule has 1 aliphatic rings. The zero-order valence-corrected chi connectivity index (χ0v) is 17.5. The van der Waals surface area contributed by atoms with Crippen molar-refractivity contribution < 1.29 is 4.79 Å². The number of aromatic nitrogens is 3. The van der Waals surface area contributed by atoms with E-state index < -0.39 is 0 Å². The number of amides is 1. The Balaban J connectivity index is 1.64. The highest BCUT2D eigenvalue weighted by atomic mass is 16.2. The number of anilines is 1. The van der Waals surface area contributed by atoms with Crippen LogP contribution in [0.1, 0.15) is 25.3 Å². The summed E-state index contributed by atoms with van der Waals surface area (Å²) in [4.78, 5) is 34.4. The van der Waals surface area contributed by atoms with Crippen molar-refractivity contribution in [3.63, 3.8) is 0 Å². The SMILES string of the molecule is CC(=O)N1CCc2cc3nc(-c4cn(CCCCN)c5ccccc45)c(=O)[nH]c3cc21. The second kappa shape index (κ2) is 7.67. The number of nitrogens with zero attached hydrogens (tertiary/aromatic N) is 3. The van der Waals surface area contributed by atoms with Crippen molar-refractivity contribution in [2.45, 2.75) is 32.7 Å². The fourth-order valence-corrected chi connectivity index (χ4v) is 4.53. The Hall–Kier alpha value is -3.45. The van der Waals surface area contributed by atoms with E-state index in [2.05, 4.69) is 15.6 Å². The van der Waals surface area contributed by atoms with Gasteiger partial charge in [-0.1, -0.05) is 18.2 Å². The van der Waals surface area contributed by atoms with Gasteiger partial charge in [-0.2, -0.15) is 0 Å². The molecule has 0 saturated heterocycles. The van der Waals surface area contributed by atoms with Crippen molar-refractivity contribution in [2.75, 3.05) is 18.0 Å². The standard InChI is InChI=1S/C24H25N5O2/c1-15(30)29-11-8-16-12-19-20(13-22(16)29)27-24(31)23(26-19)18-14-28(10-5-4-9-25)21-7-3-2-6-17(18)21/h2-3,6-7,12-14H,4-5,8-11,25H2,1H3,(H,27,31). The van der Waals surface area contributed by atoms with E-state index in [1.54, 1.807) is 11.8 Å². The third-order valence-corrected chi connectivity index (χ3v) is 6.06. The maximum absolute atomic E-state index is 13.0. The summed E-state index contributed by atoms with van der Waals surface area (Å²) in [6.07, 6.45) is 4.75. The van der Waals surface area contributed by atoms with Crippen LogP contribution in [-0.2, 0) is 17.8 Å². The largest absolute Gasteiger partial charge is 0.347 e. The minimum Gasteiger partial charge on any atom is -0.347 e. The van der Waals surface area contributed by atoms with Crippen molar-refractivity contribution in [3.8, 4) is 11.3 Å².